The zero-order valence-corrected chi connectivity index (χ0v) is 19.7. The van der Waals surface area contributed by atoms with E-state index in [2.05, 4.69) is 33.1 Å². The van der Waals surface area contributed by atoms with E-state index >= 15 is 0 Å². The van der Waals surface area contributed by atoms with Crippen molar-refractivity contribution in [2.45, 2.75) is 32.1 Å². The van der Waals surface area contributed by atoms with E-state index in [0.29, 0.717) is 55.3 Å². The molecular weight excluding hydrogens is 419 g/mol. The molecule has 1 aliphatic rings. The van der Waals surface area contributed by atoms with E-state index in [0.717, 1.165) is 0 Å². The molecule has 0 saturated carbocycles. The number of carbonyl (C=O) groups excluding carboxylic acids is 1. The number of hydrogen-bond donors (Lipinski definition) is 2. The van der Waals surface area contributed by atoms with Gasteiger partial charge in [0.1, 0.15) is 11.6 Å². The van der Waals surface area contributed by atoms with Gasteiger partial charge in [-0.1, -0.05) is 37.3 Å². The average Bonchev–Trinajstić information content (AvgIpc) is 2.83. The Hall–Kier alpha value is -3.53. The van der Waals surface area contributed by atoms with Crippen LogP contribution in [0.5, 0.6) is 0 Å². The standard InChI is InChI=1S/C26H33FN4O2/c1-6-12-20(23(7-2)33-5)24(32)30-19-26(21-13-10-11-14-22(21)27)15-17-31(18-16-26)25(28-8-3)29-9-4/h3,6-7,10-14H,1,9,15-19H2,2,4-5H3,(H,28,29)(H,30,32)/b20-12+,23-7+. The summed E-state index contributed by atoms with van der Waals surface area (Å²) in [6.07, 6.45) is 11.5. The van der Waals surface area contributed by atoms with Crippen LogP contribution in [0, 0.1) is 18.3 Å². The molecule has 6 nitrogen and oxygen atoms in total. The Balaban J connectivity index is 2.31. The highest BCUT2D eigenvalue weighted by atomic mass is 19.1. The number of likely N-dealkylation sites (tertiary alicyclic amines) is 1. The van der Waals surface area contributed by atoms with E-state index in [1.54, 1.807) is 31.2 Å². The molecule has 0 aliphatic carbocycles. The molecule has 1 saturated heterocycles. The zero-order chi connectivity index (χ0) is 24.3. The van der Waals surface area contributed by atoms with Crippen molar-refractivity contribution in [2.24, 2.45) is 4.99 Å². The number of allylic oxidation sites excluding steroid dienone is 3. The number of rotatable bonds is 8. The number of nitrogens with zero attached hydrogens (tertiary/aromatic N) is 2. The molecule has 1 aromatic carbocycles. The second-order valence-corrected chi connectivity index (χ2v) is 7.70. The Morgan fingerprint density at radius 3 is 2.61 bits per heavy atom. The number of halogens is 1. The van der Waals surface area contributed by atoms with Gasteiger partial charge >= 0.3 is 0 Å². The number of amides is 1. The number of ether oxygens (including phenoxy) is 1. The Morgan fingerprint density at radius 1 is 1.36 bits per heavy atom. The Kier molecular flexibility index (Phi) is 9.74. The second kappa shape index (κ2) is 12.5. The molecule has 1 heterocycles. The van der Waals surface area contributed by atoms with Crippen LogP contribution in [0.1, 0.15) is 32.3 Å². The van der Waals surface area contributed by atoms with Crippen molar-refractivity contribution < 1.29 is 13.9 Å². The van der Waals surface area contributed by atoms with Crippen LogP contribution in [0.2, 0.25) is 0 Å². The van der Waals surface area contributed by atoms with Crippen molar-refractivity contribution >= 4 is 11.9 Å². The lowest BCUT2D eigenvalue weighted by molar-refractivity contribution is -0.117. The largest absolute Gasteiger partial charge is 0.496 e. The van der Waals surface area contributed by atoms with E-state index in [9.17, 15) is 9.18 Å². The van der Waals surface area contributed by atoms with Crippen molar-refractivity contribution in [1.82, 2.24) is 15.5 Å². The Labute approximate surface area is 196 Å². The fourth-order valence-electron chi connectivity index (χ4n) is 4.14. The van der Waals surface area contributed by atoms with Crippen LogP contribution in [-0.2, 0) is 14.9 Å². The molecule has 0 atom stereocenters. The molecule has 0 bridgehead atoms. The van der Waals surface area contributed by atoms with Gasteiger partial charge in [-0.25, -0.2) is 4.39 Å². The number of aliphatic imine (C=N–C) groups is 1. The summed E-state index contributed by atoms with van der Waals surface area (Å²) in [5.41, 5.74) is 0.385. The molecule has 33 heavy (non-hydrogen) atoms. The smallest absolute Gasteiger partial charge is 0.255 e. The molecule has 0 aromatic heterocycles. The molecule has 176 valence electrons. The summed E-state index contributed by atoms with van der Waals surface area (Å²) in [6.45, 7) is 9.65. The van der Waals surface area contributed by atoms with Crippen LogP contribution in [0.15, 0.2) is 65.4 Å². The minimum atomic E-state index is -0.576. The van der Waals surface area contributed by atoms with Gasteiger partial charge < -0.3 is 20.3 Å². The van der Waals surface area contributed by atoms with Crippen molar-refractivity contribution in [3.05, 3.63) is 71.8 Å². The SMILES string of the molecule is C#CN=C(NCC)N1CCC(CNC(=O)C(=C/C=C)/C(=C\C)OC)(c2ccccc2F)CC1. The predicted molar refractivity (Wildman–Crippen MR) is 131 cm³/mol. The number of nitrogens with one attached hydrogen (secondary N) is 2. The second-order valence-electron chi connectivity index (χ2n) is 7.70. The molecule has 1 fully saturated rings. The predicted octanol–water partition coefficient (Wildman–Crippen LogP) is 3.49. The quantitative estimate of drug-likeness (QED) is 0.158. The third kappa shape index (κ3) is 6.26. The highest BCUT2D eigenvalue weighted by molar-refractivity contribution is 5.97. The molecule has 7 heteroatoms. The molecule has 0 unspecified atom stereocenters. The Bertz CT molecular complexity index is 967. The summed E-state index contributed by atoms with van der Waals surface area (Å²) in [5, 5.41) is 6.20. The van der Waals surface area contributed by atoms with Crippen molar-refractivity contribution in [1.29, 1.82) is 0 Å². The first kappa shape index (κ1) is 25.7. The average molecular weight is 453 g/mol. The number of guanidine groups is 1. The summed E-state index contributed by atoms with van der Waals surface area (Å²) in [4.78, 5) is 19.2. The van der Waals surface area contributed by atoms with Crippen molar-refractivity contribution in [2.75, 3.05) is 33.3 Å². The van der Waals surface area contributed by atoms with Gasteiger partial charge in [0, 0.05) is 37.6 Å². The monoisotopic (exact) mass is 452 g/mol. The molecule has 1 aliphatic heterocycles. The van der Waals surface area contributed by atoms with E-state index in [-0.39, 0.29) is 18.3 Å². The highest BCUT2D eigenvalue weighted by Crippen LogP contribution is 2.36. The fraction of sp³-hybridized carbons (Fsp3) is 0.385. The maximum Gasteiger partial charge on any atom is 0.255 e. The minimum absolute atomic E-state index is 0.276. The lowest BCUT2D eigenvalue weighted by atomic mass is 9.72. The fourth-order valence-corrected chi connectivity index (χ4v) is 4.14. The van der Waals surface area contributed by atoms with Gasteiger partial charge in [0.25, 0.3) is 5.91 Å². The summed E-state index contributed by atoms with van der Waals surface area (Å²) < 4.78 is 20.2. The van der Waals surface area contributed by atoms with Crippen LogP contribution in [0.4, 0.5) is 4.39 Å². The van der Waals surface area contributed by atoms with Crippen LogP contribution in [0.25, 0.3) is 0 Å². The van der Waals surface area contributed by atoms with Crippen LogP contribution >= 0.6 is 0 Å². The maximum atomic E-state index is 14.9. The minimum Gasteiger partial charge on any atom is -0.496 e. The van der Waals surface area contributed by atoms with Gasteiger partial charge in [0.05, 0.1) is 12.7 Å². The van der Waals surface area contributed by atoms with Gasteiger partial charge in [-0.05, 0) is 50.5 Å². The summed E-state index contributed by atoms with van der Waals surface area (Å²) in [5.74, 6) is 0.505. The first-order valence-corrected chi connectivity index (χ1v) is 11.0. The molecule has 1 amide bonds. The van der Waals surface area contributed by atoms with E-state index in [1.807, 2.05) is 13.0 Å². The number of methoxy groups -OCH3 is 1. The number of hydrogen-bond acceptors (Lipinski definition) is 3. The summed E-state index contributed by atoms with van der Waals surface area (Å²) in [7, 11) is 1.51. The van der Waals surface area contributed by atoms with Crippen LogP contribution in [-0.4, -0.2) is 50.1 Å². The molecule has 1 aromatic rings. The van der Waals surface area contributed by atoms with Crippen LogP contribution < -0.4 is 10.6 Å². The van der Waals surface area contributed by atoms with Crippen LogP contribution in [0.3, 0.4) is 0 Å². The molecule has 0 spiro atoms. The topological polar surface area (TPSA) is 66.0 Å². The van der Waals surface area contributed by atoms with E-state index in [1.165, 1.54) is 19.3 Å². The third-order valence-corrected chi connectivity index (χ3v) is 5.83. The molecular formula is C26H33FN4O2. The first-order chi connectivity index (χ1) is 16.0. The van der Waals surface area contributed by atoms with Crippen molar-refractivity contribution in [3.8, 4) is 12.5 Å². The third-order valence-electron chi connectivity index (χ3n) is 5.83. The number of piperidine rings is 1. The number of carbonyl (C=O) groups is 1. The van der Waals surface area contributed by atoms with E-state index in [4.69, 9.17) is 11.2 Å². The van der Waals surface area contributed by atoms with Gasteiger partial charge in [-0.2, -0.15) is 4.99 Å². The molecule has 2 N–H and O–H groups in total. The van der Waals surface area contributed by atoms with E-state index < -0.39 is 5.41 Å². The summed E-state index contributed by atoms with van der Waals surface area (Å²) >= 11 is 0. The molecule has 2 rings (SSSR count). The van der Waals surface area contributed by atoms with Gasteiger partial charge in [0.2, 0.25) is 5.96 Å². The lowest BCUT2D eigenvalue weighted by Crippen LogP contribution is -2.53. The summed E-state index contributed by atoms with van der Waals surface area (Å²) in [6, 6.07) is 9.08. The maximum absolute atomic E-state index is 14.9. The van der Waals surface area contributed by atoms with Gasteiger partial charge in [0.15, 0.2) is 0 Å². The molecule has 0 radical (unpaired) electrons. The Morgan fingerprint density at radius 2 is 2.06 bits per heavy atom. The highest BCUT2D eigenvalue weighted by Gasteiger charge is 2.39. The van der Waals surface area contributed by atoms with Gasteiger partial charge in [-0.3, -0.25) is 4.79 Å². The first-order valence-electron chi connectivity index (χ1n) is 11.0. The normalized spacial score (nSPS) is 16.6. The number of terminal acetylenes is 1. The van der Waals surface area contributed by atoms with Crippen molar-refractivity contribution in [3.63, 3.8) is 0 Å². The number of benzene rings is 1. The zero-order valence-electron chi connectivity index (χ0n) is 19.7. The van der Waals surface area contributed by atoms with Gasteiger partial charge in [-0.15, -0.1) is 0 Å². The lowest BCUT2D eigenvalue weighted by Gasteiger charge is -2.43.